The standard InChI is InChI=1S/C26H29ClN2O2/c1-16-7-6-8-19-13-29(10-9-21(16)19)15-23-24(27)11-20(12-25(23)31-5)22-14-28(4)26(30)18(3)17(22)2/h6-8,11-12,14H,9-10,13,15H2,1-5H3. The minimum Gasteiger partial charge on any atom is -0.496 e. The van der Waals surface area contributed by atoms with Crippen molar-refractivity contribution in [3.05, 3.63) is 85.3 Å². The zero-order valence-corrected chi connectivity index (χ0v) is 19.6. The summed E-state index contributed by atoms with van der Waals surface area (Å²) in [6.45, 7) is 8.69. The Morgan fingerprint density at radius 2 is 1.90 bits per heavy atom. The Kier molecular flexibility index (Phi) is 5.96. The van der Waals surface area contributed by atoms with E-state index in [0.29, 0.717) is 5.02 Å². The van der Waals surface area contributed by atoms with Crippen molar-refractivity contribution in [2.45, 2.75) is 40.3 Å². The Labute approximate surface area is 189 Å². The summed E-state index contributed by atoms with van der Waals surface area (Å²) >= 11 is 6.80. The molecule has 1 aliphatic heterocycles. The number of nitrogens with zero attached hydrogens (tertiary/aromatic N) is 2. The minimum atomic E-state index is 0.0246. The van der Waals surface area contributed by atoms with Crippen LogP contribution in [-0.2, 0) is 26.6 Å². The topological polar surface area (TPSA) is 34.5 Å². The molecular weight excluding hydrogens is 408 g/mol. The molecule has 0 aliphatic carbocycles. The molecule has 0 fully saturated rings. The maximum absolute atomic E-state index is 12.3. The van der Waals surface area contributed by atoms with Crippen molar-refractivity contribution in [1.29, 1.82) is 0 Å². The number of fused-ring (bicyclic) bond motifs is 1. The smallest absolute Gasteiger partial charge is 0.253 e. The van der Waals surface area contributed by atoms with E-state index < -0.39 is 0 Å². The van der Waals surface area contributed by atoms with Gasteiger partial charge in [0.05, 0.1) is 7.11 Å². The first kappa shape index (κ1) is 21.7. The van der Waals surface area contributed by atoms with Gasteiger partial charge in [-0.15, -0.1) is 0 Å². The van der Waals surface area contributed by atoms with Gasteiger partial charge < -0.3 is 9.30 Å². The molecular formula is C26H29ClN2O2. The molecule has 0 atom stereocenters. The van der Waals surface area contributed by atoms with Crippen LogP contribution in [0.15, 0.2) is 41.3 Å². The molecule has 4 nitrogen and oxygen atoms in total. The van der Waals surface area contributed by atoms with Gasteiger partial charge in [-0.1, -0.05) is 29.8 Å². The number of benzene rings is 2. The quantitative estimate of drug-likeness (QED) is 0.563. The number of hydrogen-bond acceptors (Lipinski definition) is 3. The Hall–Kier alpha value is -2.56. The summed E-state index contributed by atoms with van der Waals surface area (Å²) in [5.41, 5.74) is 8.95. The molecule has 0 unspecified atom stereocenters. The lowest BCUT2D eigenvalue weighted by Gasteiger charge is -2.30. The zero-order chi connectivity index (χ0) is 22.3. The summed E-state index contributed by atoms with van der Waals surface area (Å²) in [4.78, 5) is 14.7. The highest BCUT2D eigenvalue weighted by molar-refractivity contribution is 6.32. The van der Waals surface area contributed by atoms with Crippen molar-refractivity contribution >= 4 is 11.6 Å². The number of pyridine rings is 1. The lowest BCUT2D eigenvalue weighted by molar-refractivity contribution is 0.241. The van der Waals surface area contributed by atoms with Gasteiger partial charge in [-0.05, 0) is 67.1 Å². The lowest BCUT2D eigenvalue weighted by Crippen LogP contribution is -2.30. The van der Waals surface area contributed by atoms with E-state index in [-0.39, 0.29) is 5.56 Å². The minimum absolute atomic E-state index is 0.0246. The summed E-state index contributed by atoms with van der Waals surface area (Å²) in [7, 11) is 3.47. The molecule has 2 aromatic carbocycles. The van der Waals surface area contributed by atoms with E-state index in [1.807, 2.05) is 32.2 Å². The van der Waals surface area contributed by atoms with Crippen LogP contribution in [0, 0.1) is 20.8 Å². The van der Waals surface area contributed by atoms with E-state index in [9.17, 15) is 4.79 Å². The average Bonchev–Trinajstić information content (AvgIpc) is 2.76. The molecule has 0 spiro atoms. The first-order valence-electron chi connectivity index (χ1n) is 10.6. The second kappa shape index (κ2) is 8.52. The number of rotatable bonds is 4. The van der Waals surface area contributed by atoms with Crippen LogP contribution in [-0.4, -0.2) is 23.1 Å². The maximum atomic E-state index is 12.3. The van der Waals surface area contributed by atoms with Gasteiger partial charge >= 0.3 is 0 Å². The molecule has 162 valence electrons. The van der Waals surface area contributed by atoms with Gasteiger partial charge in [-0.2, -0.15) is 0 Å². The molecule has 2 heterocycles. The number of aromatic nitrogens is 1. The fourth-order valence-electron chi connectivity index (χ4n) is 4.59. The monoisotopic (exact) mass is 436 g/mol. The van der Waals surface area contributed by atoms with Crippen LogP contribution in [0.3, 0.4) is 0 Å². The predicted molar refractivity (Wildman–Crippen MR) is 127 cm³/mol. The van der Waals surface area contributed by atoms with Crippen molar-refractivity contribution < 1.29 is 4.74 Å². The average molecular weight is 437 g/mol. The molecule has 31 heavy (non-hydrogen) atoms. The van der Waals surface area contributed by atoms with E-state index >= 15 is 0 Å². The Morgan fingerprint density at radius 3 is 2.65 bits per heavy atom. The van der Waals surface area contributed by atoms with Crippen molar-refractivity contribution in [3.63, 3.8) is 0 Å². The summed E-state index contributed by atoms with van der Waals surface area (Å²) < 4.78 is 7.39. The molecule has 0 radical (unpaired) electrons. The van der Waals surface area contributed by atoms with Gasteiger partial charge in [-0.3, -0.25) is 9.69 Å². The van der Waals surface area contributed by atoms with Gasteiger partial charge in [0.1, 0.15) is 5.75 Å². The van der Waals surface area contributed by atoms with Crippen LogP contribution in [0.25, 0.3) is 11.1 Å². The van der Waals surface area contributed by atoms with E-state index in [1.54, 1.807) is 18.7 Å². The molecule has 0 saturated heterocycles. The van der Waals surface area contributed by atoms with Crippen LogP contribution in [0.4, 0.5) is 0 Å². The molecule has 5 heteroatoms. The Morgan fingerprint density at radius 1 is 1.13 bits per heavy atom. The molecule has 3 aromatic rings. The van der Waals surface area contributed by atoms with Crippen LogP contribution in [0.2, 0.25) is 5.02 Å². The summed E-state index contributed by atoms with van der Waals surface area (Å²) in [5, 5.41) is 0.690. The van der Waals surface area contributed by atoms with Crippen LogP contribution < -0.4 is 10.3 Å². The fourth-order valence-corrected chi connectivity index (χ4v) is 4.86. The van der Waals surface area contributed by atoms with Crippen molar-refractivity contribution in [3.8, 4) is 16.9 Å². The molecule has 4 rings (SSSR count). The summed E-state index contributed by atoms with van der Waals surface area (Å²) in [6.07, 6.45) is 2.93. The Balaban J connectivity index is 1.68. The zero-order valence-electron chi connectivity index (χ0n) is 18.9. The SMILES string of the molecule is COc1cc(-c2cn(C)c(=O)c(C)c2C)cc(Cl)c1CN1CCc2c(C)cccc2C1. The first-order valence-corrected chi connectivity index (χ1v) is 11.0. The third-order valence-corrected chi connectivity index (χ3v) is 6.91. The molecule has 0 amide bonds. The number of aryl methyl sites for hydroxylation is 2. The summed E-state index contributed by atoms with van der Waals surface area (Å²) in [6, 6.07) is 10.6. The number of hydrogen-bond donors (Lipinski definition) is 0. The van der Waals surface area contributed by atoms with Crippen molar-refractivity contribution in [2.24, 2.45) is 7.05 Å². The van der Waals surface area contributed by atoms with Crippen LogP contribution >= 0.6 is 11.6 Å². The van der Waals surface area contributed by atoms with E-state index in [2.05, 4.69) is 30.0 Å². The molecule has 1 aromatic heterocycles. The van der Waals surface area contributed by atoms with Crippen molar-refractivity contribution in [2.75, 3.05) is 13.7 Å². The summed E-state index contributed by atoms with van der Waals surface area (Å²) in [5.74, 6) is 0.781. The number of halogens is 1. The fraction of sp³-hybridized carbons (Fsp3) is 0.346. The highest BCUT2D eigenvalue weighted by atomic mass is 35.5. The number of ether oxygens (including phenoxy) is 1. The van der Waals surface area contributed by atoms with Crippen LogP contribution in [0.5, 0.6) is 5.75 Å². The van der Waals surface area contributed by atoms with Gasteiger partial charge in [0.2, 0.25) is 0 Å². The highest BCUT2D eigenvalue weighted by Gasteiger charge is 2.21. The van der Waals surface area contributed by atoms with Crippen LogP contribution in [0.1, 0.15) is 33.4 Å². The third-order valence-electron chi connectivity index (χ3n) is 6.58. The largest absolute Gasteiger partial charge is 0.496 e. The second-order valence-electron chi connectivity index (χ2n) is 8.52. The first-order chi connectivity index (χ1) is 14.8. The van der Waals surface area contributed by atoms with Gasteiger partial charge in [-0.25, -0.2) is 0 Å². The predicted octanol–water partition coefficient (Wildman–Crippen LogP) is 5.20. The molecule has 0 bridgehead atoms. The van der Waals surface area contributed by atoms with Gasteiger partial charge in [0.15, 0.2) is 0 Å². The van der Waals surface area contributed by atoms with E-state index in [1.165, 1.54) is 16.7 Å². The third kappa shape index (κ3) is 4.02. The lowest BCUT2D eigenvalue weighted by atomic mass is 9.94. The van der Waals surface area contributed by atoms with E-state index in [4.69, 9.17) is 16.3 Å². The maximum Gasteiger partial charge on any atom is 0.253 e. The normalized spacial score (nSPS) is 13.9. The number of methoxy groups -OCH3 is 1. The Bertz CT molecular complexity index is 1210. The molecule has 1 aliphatic rings. The van der Waals surface area contributed by atoms with E-state index in [0.717, 1.165) is 59.6 Å². The van der Waals surface area contributed by atoms with Gasteiger partial charge in [0.25, 0.3) is 5.56 Å². The molecule has 0 N–H and O–H groups in total. The van der Waals surface area contributed by atoms with Gasteiger partial charge in [0, 0.05) is 54.6 Å². The second-order valence-corrected chi connectivity index (χ2v) is 8.93. The van der Waals surface area contributed by atoms with Crippen molar-refractivity contribution in [1.82, 2.24) is 9.47 Å². The highest BCUT2D eigenvalue weighted by Crippen LogP contribution is 2.36. The molecule has 0 saturated carbocycles.